The van der Waals surface area contributed by atoms with E-state index in [1.807, 2.05) is 25.1 Å². The van der Waals surface area contributed by atoms with Crippen LogP contribution in [0.3, 0.4) is 0 Å². The van der Waals surface area contributed by atoms with E-state index in [-0.39, 0.29) is 0 Å². The van der Waals surface area contributed by atoms with Crippen molar-refractivity contribution in [2.75, 3.05) is 12.8 Å². The number of anilines is 1. The summed E-state index contributed by atoms with van der Waals surface area (Å²) < 4.78 is 6.04. The molecule has 0 spiro atoms. The summed E-state index contributed by atoms with van der Waals surface area (Å²) in [6.45, 7) is 1.93. The number of hydrogen-bond acceptors (Lipinski definition) is 6. The van der Waals surface area contributed by atoms with Gasteiger partial charge in [-0.2, -0.15) is 0 Å². The van der Waals surface area contributed by atoms with Gasteiger partial charge in [-0.15, -0.1) is 10.2 Å². The van der Waals surface area contributed by atoms with Crippen LogP contribution in [-0.2, 0) is 0 Å². The lowest BCUT2D eigenvalue weighted by atomic mass is 10.3. The van der Waals surface area contributed by atoms with Crippen LogP contribution in [0.2, 0.25) is 0 Å². The van der Waals surface area contributed by atoms with Crippen molar-refractivity contribution < 1.29 is 4.74 Å². The van der Waals surface area contributed by atoms with Gasteiger partial charge in [-0.25, -0.2) is 0 Å². The number of ether oxygens (including phenoxy) is 1. The Labute approximate surface area is 102 Å². The minimum Gasteiger partial charge on any atom is -0.497 e. The summed E-state index contributed by atoms with van der Waals surface area (Å²) in [5, 5.41) is 8.95. The van der Waals surface area contributed by atoms with Crippen molar-refractivity contribution in [3.8, 4) is 5.75 Å². The first-order valence-electron chi connectivity index (χ1n) is 4.60. The highest BCUT2D eigenvalue weighted by atomic mass is 32.2. The fourth-order valence-electron chi connectivity index (χ4n) is 1.14. The zero-order chi connectivity index (χ0) is 11.5. The Morgan fingerprint density at radius 1 is 1.38 bits per heavy atom. The molecule has 2 rings (SSSR count). The van der Waals surface area contributed by atoms with E-state index in [9.17, 15) is 0 Å². The van der Waals surface area contributed by atoms with Crippen LogP contribution in [0.5, 0.6) is 5.75 Å². The van der Waals surface area contributed by atoms with Crippen LogP contribution in [0, 0.1) is 6.92 Å². The van der Waals surface area contributed by atoms with Crippen LogP contribution in [-0.4, -0.2) is 17.3 Å². The SMILES string of the molecule is COc1ccc(N)c(Sc2nnc(C)s2)c1. The number of nitrogens with zero attached hydrogens (tertiary/aromatic N) is 2. The quantitative estimate of drug-likeness (QED) is 0.852. The first-order chi connectivity index (χ1) is 7.69. The number of aromatic nitrogens is 2. The number of nitrogens with two attached hydrogens (primary N) is 1. The van der Waals surface area contributed by atoms with Gasteiger partial charge in [-0.3, -0.25) is 0 Å². The highest BCUT2D eigenvalue weighted by molar-refractivity contribution is 8.01. The minimum absolute atomic E-state index is 0.721. The Kier molecular flexibility index (Phi) is 3.31. The van der Waals surface area contributed by atoms with Gasteiger partial charge in [0.2, 0.25) is 0 Å². The topological polar surface area (TPSA) is 61.0 Å². The van der Waals surface area contributed by atoms with Gasteiger partial charge < -0.3 is 10.5 Å². The summed E-state index contributed by atoms with van der Waals surface area (Å²) in [4.78, 5) is 0.940. The number of rotatable bonds is 3. The fourth-order valence-corrected chi connectivity index (χ4v) is 2.99. The summed E-state index contributed by atoms with van der Waals surface area (Å²) in [7, 11) is 1.63. The molecule has 0 aliphatic rings. The second-order valence-electron chi connectivity index (χ2n) is 3.09. The number of benzene rings is 1. The van der Waals surface area contributed by atoms with Crippen LogP contribution in [0.4, 0.5) is 5.69 Å². The predicted octanol–water partition coefficient (Wildman–Crippen LogP) is 2.59. The maximum atomic E-state index is 5.88. The molecule has 2 N–H and O–H groups in total. The third-order valence-electron chi connectivity index (χ3n) is 1.93. The Bertz CT molecular complexity index is 499. The minimum atomic E-state index is 0.721. The van der Waals surface area contributed by atoms with Gasteiger partial charge in [0.05, 0.1) is 7.11 Å². The maximum absolute atomic E-state index is 5.88. The van der Waals surface area contributed by atoms with Crippen LogP contribution >= 0.6 is 23.1 Å². The molecule has 1 aromatic heterocycles. The Balaban J connectivity index is 2.26. The molecule has 16 heavy (non-hydrogen) atoms. The molecule has 0 aliphatic heterocycles. The number of nitrogen functional groups attached to an aromatic ring is 1. The van der Waals surface area contributed by atoms with E-state index in [4.69, 9.17) is 10.5 Å². The molecule has 1 heterocycles. The summed E-state index contributed by atoms with van der Waals surface area (Å²) in [5.74, 6) is 0.790. The van der Waals surface area contributed by atoms with Gasteiger partial charge in [-0.1, -0.05) is 23.1 Å². The molecular weight excluding hydrogens is 242 g/mol. The van der Waals surface area contributed by atoms with Crippen molar-refractivity contribution in [3.63, 3.8) is 0 Å². The molecule has 0 amide bonds. The molecule has 4 nitrogen and oxygen atoms in total. The van der Waals surface area contributed by atoms with Crippen molar-refractivity contribution >= 4 is 28.8 Å². The molecule has 0 unspecified atom stereocenters. The molecule has 84 valence electrons. The zero-order valence-corrected chi connectivity index (χ0v) is 10.6. The highest BCUT2D eigenvalue weighted by Gasteiger charge is 2.07. The van der Waals surface area contributed by atoms with E-state index in [1.54, 1.807) is 18.4 Å². The molecule has 1 aromatic carbocycles. The van der Waals surface area contributed by atoms with Crippen molar-refractivity contribution in [1.29, 1.82) is 0 Å². The average Bonchev–Trinajstić information content (AvgIpc) is 2.67. The van der Waals surface area contributed by atoms with E-state index in [0.717, 1.165) is 25.7 Å². The van der Waals surface area contributed by atoms with Crippen molar-refractivity contribution in [2.24, 2.45) is 0 Å². The highest BCUT2D eigenvalue weighted by Crippen LogP contribution is 2.35. The van der Waals surface area contributed by atoms with Crippen molar-refractivity contribution in [2.45, 2.75) is 16.2 Å². The van der Waals surface area contributed by atoms with Crippen LogP contribution in [0.25, 0.3) is 0 Å². The fraction of sp³-hybridized carbons (Fsp3) is 0.200. The zero-order valence-electron chi connectivity index (χ0n) is 8.93. The standard InChI is InChI=1S/C10H11N3OS2/c1-6-12-13-10(15-6)16-9-5-7(14-2)3-4-8(9)11/h3-5H,11H2,1-2H3. The lowest BCUT2D eigenvalue weighted by Gasteiger charge is -2.05. The van der Waals surface area contributed by atoms with Gasteiger partial charge in [0, 0.05) is 10.6 Å². The van der Waals surface area contributed by atoms with Crippen LogP contribution in [0.15, 0.2) is 27.4 Å². The van der Waals surface area contributed by atoms with Gasteiger partial charge in [0.25, 0.3) is 0 Å². The van der Waals surface area contributed by atoms with Gasteiger partial charge in [0.15, 0.2) is 4.34 Å². The maximum Gasteiger partial charge on any atom is 0.179 e. The van der Waals surface area contributed by atoms with Crippen molar-refractivity contribution in [1.82, 2.24) is 10.2 Å². The van der Waals surface area contributed by atoms with Gasteiger partial charge in [-0.05, 0) is 25.1 Å². The summed E-state index contributed by atoms with van der Waals surface area (Å²) >= 11 is 3.05. The first kappa shape index (κ1) is 11.2. The Hall–Kier alpha value is -1.27. The van der Waals surface area contributed by atoms with Crippen molar-refractivity contribution in [3.05, 3.63) is 23.2 Å². The number of hydrogen-bond donors (Lipinski definition) is 1. The monoisotopic (exact) mass is 253 g/mol. The van der Waals surface area contributed by atoms with E-state index < -0.39 is 0 Å². The average molecular weight is 253 g/mol. The van der Waals surface area contributed by atoms with E-state index in [0.29, 0.717) is 0 Å². The summed E-state index contributed by atoms with van der Waals surface area (Å²) in [6, 6.07) is 5.57. The molecule has 0 radical (unpaired) electrons. The number of methoxy groups -OCH3 is 1. The third-order valence-corrected chi connectivity index (χ3v) is 3.89. The molecule has 0 fully saturated rings. The van der Waals surface area contributed by atoms with Gasteiger partial charge >= 0.3 is 0 Å². The molecule has 6 heteroatoms. The molecule has 2 aromatic rings. The Morgan fingerprint density at radius 3 is 2.81 bits per heavy atom. The normalized spacial score (nSPS) is 10.4. The van der Waals surface area contributed by atoms with E-state index >= 15 is 0 Å². The molecule has 0 aliphatic carbocycles. The molecule has 0 saturated heterocycles. The lowest BCUT2D eigenvalue weighted by molar-refractivity contribution is 0.414. The smallest absolute Gasteiger partial charge is 0.179 e. The lowest BCUT2D eigenvalue weighted by Crippen LogP contribution is -1.90. The van der Waals surface area contributed by atoms with Crippen LogP contribution < -0.4 is 10.5 Å². The van der Waals surface area contributed by atoms with Gasteiger partial charge in [0.1, 0.15) is 10.8 Å². The number of aryl methyl sites for hydroxylation is 1. The summed E-state index contributed by atoms with van der Waals surface area (Å²) in [5.41, 5.74) is 6.60. The molecular formula is C10H11N3OS2. The predicted molar refractivity (Wildman–Crippen MR) is 66.2 cm³/mol. The molecule has 0 atom stereocenters. The Morgan fingerprint density at radius 2 is 2.19 bits per heavy atom. The molecule has 0 saturated carbocycles. The second kappa shape index (κ2) is 4.71. The second-order valence-corrected chi connectivity index (χ2v) is 5.56. The largest absolute Gasteiger partial charge is 0.497 e. The van der Waals surface area contributed by atoms with E-state index in [2.05, 4.69) is 10.2 Å². The molecule has 0 bridgehead atoms. The van der Waals surface area contributed by atoms with E-state index in [1.165, 1.54) is 11.8 Å². The third kappa shape index (κ3) is 2.45. The van der Waals surface area contributed by atoms with Crippen LogP contribution in [0.1, 0.15) is 5.01 Å². The summed E-state index contributed by atoms with van der Waals surface area (Å²) in [6.07, 6.45) is 0. The first-order valence-corrected chi connectivity index (χ1v) is 6.24.